The van der Waals surface area contributed by atoms with Crippen LogP contribution in [0, 0.1) is 29.6 Å². The third-order valence-corrected chi connectivity index (χ3v) is 4.91. The maximum absolute atomic E-state index is 3.82. The molecule has 1 N–H and O–H groups in total. The maximum Gasteiger partial charge on any atom is 0.0356 e. The van der Waals surface area contributed by atoms with Gasteiger partial charge < -0.3 is 5.32 Å². The summed E-state index contributed by atoms with van der Waals surface area (Å²) in [5, 5.41) is 3.82. The Morgan fingerprint density at radius 2 is 1.75 bits per heavy atom. The predicted molar refractivity (Wildman–Crippen MR) is 67.0 cm³/mol. The fourth-order valence-corrected chi connectivity index (χ4v) is 3.87. The van der Waals surface area contributed by atoms with Crippen molar-refractivity contribution >= 4 is 0 Å². The van der Waals surface area contributed by atoms with Crippen LogP contribution in [0.25, 0.3) is 0 Å². The van der Waals surface area contributed by atoms with Crippen LogP contribution < -0.4 is 5.32 Å². The highest BCUT2D eigenvalue weighted by molar-refractivity contribution is 5.11. The van der Waals surface area contributed by atoms with Crippen molar-refractivity contribution in [1.82, 2.24) is 5.32 Å². The summed E-state index contributed by atoms with van der Waals surface area (Å²) in [7, 11) is 0. The Labute approximate surface area is 99.4 Å². The first-order valence-corrected chi connectivity index (χ1v) is 7.15. The molecule has 1 heteroatoms. The number of hydrogen-bond acceptors (Lipinski definition) is 1. The van der Waals surface area contributed by atoms with Gasteiger partial charge in [-0.1, -0.05) is 18.8 Å². The zero-order chi connectivity index (χ0) is 10.8. The topological polar surface area (TPSA) is 12.0 Å². The van der Waals surface area contributed by atoms with E-state index in [0.717, 1.165) is 24.3 Å². The maximum atomic E-state index is 3.82. The molecule has 0 aromatic carbocycles. The van der Waals surface area contributed by atoms with Crippen molar-refractivity contribution in [1.29, 1.82) is 0 Å². The molecule has 88 valence electrons. The lowest BCUT2D eigenvalue weighted by molar-refractivity contribution is 0.184. The Hall–Kier alpha value is -0.480. The average Bonchev–Trinajstić information content (AvgIpc) is 2.32. The molecule has 2 aliphatic carbocycles. The zero-order valence-electron chi connectivity index (χ0n) is 10.2. The Kier molecular flexibility index (Phi) is 3.20. The van der Waals surface area contributed by atoms with Crippen LogP contribution in [0.4, 0.5) is 0 Å². The smallest absolute Gasteiger partial charge is 0.0356 e. The van der Waals surface area contributed by atoms with Crippen molar-refractivity contribution in [3.05, 3.63) is 0 Å². The Bertz CT molecular complexity index is 298. The number of nitrogens with one attached hydrogen (secondary N) is 1. The molecule has 0 spiro atoms. The van der Waals surface area contributed by atoms with Crippen molar-refractivity contribution in [2.24, 2.45) is 17.8 Å². The van der Waals surface area contributed by atoms with Crippen LogP contribution in [-0.4, -0.2) is 12.6 Å². The summed E-state index contributed by atoms with van der Waals surface area (Å²) < 4.78 is 0. The second kappa shape index (κ2) is 4.80. The lowest BCUT2D eigenvalue weighted by atomic mass is 9.74. The molecule has 0 aromatic heterocycles. The van der Waals surface area contributed by atoms with Gasteiger partial charge in [-0.15, -0.1) is 5.92 Å². The van der Waals surface area contributed by atoms with E-state index in [4.69, 9.17) is 0 Å². The molecule has 1 aliphatic heterocycles. The second-order valence-electron chi connectivity index (χ2n) is 5.86. The molecule has 0 amide bonds. The molecule has 1 saturated heterocycles. The van der Waals surface area contributed by atoms with Crippen molar-refractivity contribution in [2.75, 3.05) is 6.54 Å². The minimum absolute atomic E-state index is 0.664. The van der Waals surface area contributed by atoms with Crippen molar-refractivity contribution in [3.63, 3.8) is 0 Å². The summed E-state index contributed by atoms with van der Waals surface area (Å²) in [4.78, 5) is 0. The number of hydrogen-bond donors (Lipinski definition) is 1. The van der Waals surface area contributed by atoms with Crippen LogP contribution in [0.15, 0.2) is 0 Å². The van der Waals surface area contributed by atoms with Gasteiger partial charge in [-0.3, -0.25) is 0 Å². The molecule has 1 heterocycles. The largest absolute Gasteiger partial charge is 0.312 e. The molecule has 0 aromatic rings. The van der Waals surface area contributed by atoms with Crippen molar-refractivity contribution < 1.29 is 0 Å². The van der Waals surface area contributed by atoms with Gasteiger partial charge in [-0.2, -0.15) is 0 Å². The highest BCUT2D eigenvalue weighted by atomic mass is 14.9. The van der Waals surface area contributed by atoms with Crippen LogP contribution in [0.2, 0.25) is 0 Å². The van der Waals surface area contributed by atoms with Crippen molar-refractivity contribution in [2.45, 2.75) is 57.4 Å². The fourth-order valence-electron chi connectivity index (χ4n) is 3.87. The van der Waals surface area contributed by atoms with Gasteiger partial charge in [-0.25, -0.2) is 0 Å². The molecule has 4 atom stereocenters. The van der Waals surface area contributed by atoms with Gasteiger partial charge >= 0.3 is 0 Å². The molecular weight excluding hydrogens is 194 g/mol. The van der Waals surface area contributed by atoms with Gasteiger partial charge in [0.15, 0.2) is 0 Å². The average molecular weight is 217 g/mol. The first-order chi connectivity index (χ1) is 7.93. The number of rotatable bonds is 0. The molecule has 1 saturated carbocycles. The Morgan fingerprint density at radius 3 is 2.75 bits per heavy atom. The standard InChI is InChI=1S/C15H23N/c1-2-7-14-11-16-15-8-4-3-6-13(15)10-9-12(14)5-1/h12-16H,1,3-6,8-11H2. The predicted octanol–water partition coefficient (Wildman–Crippen LogP) is 2.96. The molecule has 1 nitrogen and oxygen atoms in total. The van der Waals surface area contributed by atoms with Gasteiger partial charge in [0.1, 0.15) is 0 Å². The molecule has 0 bridgehead atoms. The van der Waals surface area contributed by atoms with Gasteiger partial charge in [0, 0.05) is 24.9 Å². The van der Waals surface area contributed by atoms with Crippen LogP contribution in [0.3, 0.4) is 0 Å². The fraction of sp³-hybridized carbons (Fsp3) is 0.867. The first kappa shape index (κ1) is 10.7. The van der Waals surface area contributed by atoms with Gasteiger partial charge in [0.05, 0.1) is 0 Å². The highest BCUT2D eigenvalue weighted by Crippen LogP contribution is 2.35. The normalized spacial score (nSPS) is 43.0. The lowest BCUT2D eigenvalue weighted by Gasteiger charge is -2.38. The van der Waals surface area contributed by atoms with Gasteiger partial charge in [-0.05, 0) is 43.9 Å². The minimum atomic E-state index is 0.664. The van der Waals surface area contributed by atoms with Crippen molar-refractivity contribution in [3.8, 4) is 11.8 Å². The van der Waals surface area contributed by atoms with Crippen LogP contribution >= 0.6 is 0 Å². The highest BCUT2D eigenvalue weighted by Gasteiger charge is 2.31. The summed E-state index contributed by atoms with van der Waals surface area (Å²) in [5.74, 6) is 9.33. The van der Waals surface area contributed by atoms with E-state index in [1.165, 1.54) is 51.5 Å². The minimum Gasteiger partial charge on any atom is -0.312 e. The third kappa shape index (κ3) is 2.13. The Morgan fingerprint density at radius 1 is 0.875 bits per heavy atom. The lowest BCUT2D eigenvalue weighted by Crippen LogP contribution is -2.44. The second-order valence-corrected chi connectivity index (χ2v) is 5.86. The van der Waals surface area contributed by atoms with Crippen LogP contribution in [-0.2, 0) is 0 Å². The van der Waals surface area contributed by atoms with Crippen LogP contribution in [0.5, 0.6) is 0 Å². The van der Waals surface area contributed by atoms with E-state index in [1.807, 2.05) is 0 Å². The van der Waals surface area contributed by atoms with E-state index >= 15 is 0 Å². The van der Waals surface area contributed by atoms with E-state index in [-0.39, 0.29) is 0 Å². The molecule has 4 unspecified atom stereocenters. The zero-order valence-corrected chi connectivity index (χ0v) is 10.2. The SMILES string of the molecule is C1#CC2CNC3CCCCC3CCC2CC1. The van der Waals surface area contributed by atoms with E-state index in [1.54, 1.807) is 0 Å². The molecule has 3 rings (SSSR count). The van der Waals surface area contributed by atoms with E-state index < -0.39 is 0 Å². The van der Waals surface area contributed by atoms with E-state index in [9.17, 15) is 0 Å². The Balaban J connectivity index is 1.68. The summed E-state index contributed by atoms with van der Waals surface area (Å²) in [6.45, 7) is 1.17. The summed E-state index contributed by atoms with van der Waals surface area (Å²) >= 11 is 0. The molecule has 16 heavy (non-hydrogen) atoms. The van der Waals surface area contributed by atoms with E-state index in [0.29, 0.717) is 5.92 Å². The molecule has 2 fully saturated rings. The monoisotopic (exact) mass is 217 g/mol. The molecular formula is C15H23N. The summed E-state index contributed by atoms with van der Waals surface area (Å²) in [6, 6.07) is 0.818. The summed E-state index contributed by atoms with van der Waals surface area (Å²) in [5.41, 5.74) is 0. The third-order valence-electron chi connectivity index (χ3n) is 4.91. The van der Waals surface area contributed by atoms with Gasteiger partial charge in [0.25, 0.3) is 0 Å². The molecule has 0 radical (unpaired) electrons. The quantitative estimate of drug-likeness (QED) is 0.615. The number of fused-ring (bicyclic) bond motifs is 2. The van der Waals surface area contributed by atoms with Gasteiger partial charge in [0.2, 0.25) is 0 Å². The first-order valence-electron chi connectivity index (χ1n) is 7.15. The summed E-state index contributed by atoms with van der Waals surface area (Å²) in [6.07, 6.45) is 11.2. The van der Waals surface area contributed by atoms with Crippen LogP contribution in [0.1, 0.15) is 51.4 Å². The molecule has 3 aliphatic rings. The van der Waals surface area contributed by atoms with E-state index in [2.05, 4.69) is 17.2 Å².